The third-order valence-electron chi connectivity index (χ3n) is 8.07. The van der Waals surface area contributed by atoms with Gasteiger partial charge in [-0.1, -0.05) is 45.9 Å². The van der Waals surface area contributed by atoms with Crippen molar-refractivity contribution in [2.45, 2.75) is 59.6 Å². The molecule has 2 aliphatic heterocycles. The van der Waals surface area contributed by atoms with Crippen LogP contribution in [0.5, 0.6) is 0 Å². The normalized spacial score (nSPS) is 31.7. The molecular weight excluding hydrogens is 646 g/mol. The maximum atomic E-state index is 13.8. The van der Waals surface area contributed by atoms with Crippen molar-refractivity contribution in [3.8, 4) is 22.3 Å². The molecule has 246 valence electrons. The first kappa shape index (κ1) is 33.0. The quantitative estimate of drug-likeness (QED) is 0.142. The maximum Gasteiger partial charge on any atom is 0.141 e. The fraction of sp³-hybridized carbons (Fsp3) is 0.400. The molecule has 0 radical (unpaired) electrons. The van der Waals surface area contributed by atoms with Gasteiger partial charge in [0, 0.05) is 23.5 Å². The topological polar surface area (TPSA) is 175 Å². The Morgan fingerprint density at radius 1 is 0.630 bits per heavy atom. The van der Waals surface area contributed by atoms with Crippen LogP contribution in [0.25, 0.3) is 22.3 Å². The molecular formula is C30H32F2N4O8S2. The number of rotatable bonds is 9. The summed E-state index contributed by atoms with van der Waals surface area (Å²) in [5, 5.41) is 73.1. The number of aliphatic hydroxyl groups is 6. The smallest absolute Gasteiger partial charge is 0.141 e. The Labute approximate surface area is 269 Å². The predicted molar refractivity (Wildman–Crippen MR) is 164 cm³/mol. The van der Waals surface area contributed by atoms with Gasteiger partial charge in [0.1, 0.15) is 71.2 Å². The predicted octanol–water partition coefficient (Wildman–Crippen LogP) is 1.73. The van der Waals surface area contributed by atoms with Gasteiger partial charge in [0.25, 0.3) is 0 Å². The first-order valence-electron chi connectivity index (χ1n) is 14.4. The average Bonchev–Trinajstić information content (AvgIpc) is 3.73. The summed E-state index contributed by atoms with van der Waals surface area (Å²) in [7, 11) is 1.93. The van der Waals surface area contributed by atoms with Gasteiger partial charge in [0.05, 0.1) is 25.6 Å². The molecule has 2 saturated heterocycles. The van der Waals surface area contributed by atoms with Gasteiger partial charge in [-0.15, -0.1) is 0 Å². The van der Waals surface area contributed by atoms with E-state index in [1.54, 1.807) is 36.7 Å². The maximum absolute atomic E-state index is 13.8. The summed E-state index contributed by atoms with van der Waals surface area (Å²) in [6, 6.07) is 9.64. The molecule has 6 N–H and O–H groups in total. The number of aromatic nitrogens is 4. The van der Waals surface area contributed by atoms with Crippen LogP contribution >= 0.6 is 21.6 Å². The molecule has 46 heavy (non-hydrogen) atoms. The molecule has 0 unspecified atom stereocenters. The summed E-state index contributed by atoms with van der Waals surface area (Å²) >= 11 is 0. The highest BCUT2D eigenvalue weighted by molar-refractivity contribution is 8.77. The van der Waals surface area contributed by atoms with E-state index in [4.69, 9.17) is 9.47 Å². The molecule has 4 aromatic rings. The van der Waals surface area contributed by atoms with Crippen LogP contribution in [-0.4, -0.2) is 111 Å². The molecule has 0 saturated carbocycles. The second kappa shape index (κ2) is 14.1. The lowest BCUT2D eigenvalue weighted by Gasteiger charge is -2.44. The lowest BCUT2D eigenvalue weighted by Crippen LogP contribution is -2.56. The van der Waals surface area contributed by atoms with Gasteiger partial charge in [-0.05, 0) is 35.4 Å². The van der Waals surface area contributed by atoms with Gasteiger partial charge < -0.3 is 40.1 Å². The highest BCUT2D eigenvalue weighted by Crippen LogP contribution is 2.45. The molecule has 0 aliphatic carbocycles. The number of ether oxygens (including phenoxy) is 2. The lowest BCUT2D eigenvalue weighted by molar-refractivity contribution is -0.179. The van der Waals surface area contributed by atoms with Crippen LogP contribution < -0.4 is 0 Å². The Morgan fingerprint density at radius 3 is 1.41 bits per heavy atom. The zero-order valence-corrected chi connectivity index (χ0v) is 25.6. The minimum atomic E-state index is -1.37. The van der Waals surface area contributed by atoms with E-state index in [-0.39, 0.29) is 0 Å². The summed E-state index contributed by atoms with van der Waals surface area (Å²) in [6.07, 6.45) is -1.62. The van der Waals surface area contributed by atoms with Crippen LogP contribution in [0.2, 0.25) is 0 Å². The van der Waals surface area contributed by atoms with Gasteiger partial charge in [-0.3, -0.25) is 9.36 Å². The van der Waals surface area contributed by atoms with Crippen molar-refractivity contribution >= 4 is 21.6 Å². The van der Waals surface area contributed by atoms with Crippen molar-refractivity contribution < 1.29 is 48.9 Å². The Bertz CT molecular complexity index is 1510. The molecule has 6 rings (SSSR count). The third kappa shape index (κ3) is 6.60. The number of halogens is 2. The van der Waals surface area contributed by atoms with Crippen LogP contribution in [0.1, 0.15) is 12.1 Å². The number of benzene rings is 2. The van der Waals surface area contributed by atoms with Gasteiger partial charge in [0.2, 0.25) is 0 Å². The van der Waals surface area contributed by atoms with Crippen LogP contribution in [0.4, 0.5) is 8.78 Å². The summed E-state index contributed by atoms with van der Waals surface area (Å²) < 4.78 is 41.9. The first-order chi connectivity index (χ1) is 22.2. The molecule has 10 atom stereocenters. The largest absolute Gasteiger partial charge is 0.394 e. The summed E-state index contributed by atoms with van der Waals surface area (Å²) in [5.41, 5.74) is 0.0532. The van der Waals surface area contributed by atoms with Crippen molar-refractivity contribution in [2.75, 3.05) is 13.2 Å². The molecule has 0 spiro atoms. The molecule has 12 nitrogen and oxygen atoms in total. The second-order valence-corrected chi connectivity index (χ2v) is 13.5. The van der Waals surface area contributed by atoms with E-state index in [2.05, 4.69) is 10.2 Å². The van der Waals surface area contributed by atoms with Crippen molar-refractivity contribution in [3.05, 3.63) is 85.0 Å². The van der Waals surface area contributed by atoms with Gasteiger partial charge in [-0.2, -0.15) is 10.2 Å². The Morgan fingerprint density at radius 2 is 1.04 bits per heavy atom. The van der Waals surface area contributed by atoms with Gasteiger partial charge in [0.15, 0.2) is 0 Å². The van der Waals surface area contributed by atoms with E-state index in [1.807, 2.05) is 0 Å². The van der Waals surface area contributed by atoms with Crippen LogP contribution in [-0.2, 0) is 9.47 Å². The Hall–Kier alpha value is -2.90. The Kier molecular flexibility index (Phi) is 10.1. The van der Waals surface area contributed by atoms with Gasteiger partial charge in [-0.25, -0.2) is 8.78 Å². The van der Waals surface area contributed by atoms with E-state index in [0.29, 0.717) is 22.3 Å². The zero-order valence-electron chi connectivity index (χ0n) is 24.0. The van der Waals surface area contributed by atoms with Gasteiger partial charge >= 0.3 is 0 Å². The molecule has 4 heterocycles. The number of nitrogens with zero attached hydrogens (tertiary/aromatic N) is 4. The Balaban J connectivity index is 1.19. The number of hydrogen-bond donors (Lipinski definition) is 6. The summed E-state index contributed by atoms with van der Waals surface area (Å²) in [6.45, 7) is -1.14. The van der Waals surface area contributed by atoms with E-state index in [9.17, 15) is 39.4 Å². The average molecular weight is 679 g/mol. The monoisotopic (exact) mass is 678 g/mol. The summed E-state index contributed by atoms with van der Waals surface area (Å²) in [5.74, 6) is -0.870. The van der Waals surface area contributed by atoms with Crippen LogP contribution in [0.3, 0.4) is 0 Å². The van der Waals surface area contributed by atoms with E-state index < -0.39 is 84.4 Å². The van der Waals surface area contributed by atoms with Crippen molar-refractivity contribution in [3.63, 3.8) is 0 Å². The molecule has 2 aliphatic rings. The molecule has 0 bridgehead atoms. The van der Waals surface area contributed by atoms with Crippen molar-refractivity contribution in [2.24, 2.45) is 0 Å². The molecule has 16 heteroatoms. The van der Waals surface area contributed by atoms with E-state index in [0.717, 1.165) is 21.6 Å². The minimum absolute atomic E-state index is 0.435. The molecule has 2 fully saturated rings. The fourth-order valence-corrected chi connectivity index (χ4v) is 8.42. The lowest BCUT2D eigenvalue weighted by atomic mass is 9.97. The van der Waals surface area contributed by atoms with Crippen molar-refractivity contribution in [1.82, 2.24) is 19.6 Å². The number of aliphatic hydroxyl groups excluding tert-OH is 6. The first-order valence-corrected chi connectivity index (χ1v) is 16.6. The molecule has 2 aromatic carbocycles. The van der Waals surface area contributed by atoms with Crippen molar-refractivity contribution in [1.29, 1.82) is 0 Å². The van der Waals surface area contributed by atoms with Crippen LogP contribution in [0, 0.1) is 11.6 Å². The van der Waals surface area contributed by atoms with E-state index in [1.165, 1.54) is 46.0 Å². The molecule has 0 amide bonds. The number of hydrogen-bond acceptors (Lipinski definition) is 12. The molecule has 2 aromatic heterocycles. The van der Waals surface area contributed by atoms with Crippen LogP contribution in [0.15, 0.2) is 73.3 Å². The second-order valence-electron chi connectivity index (χ2n) is 11.0. The summed E-state index contributed by atoms with van der Waals surface area (Å²) in [4.78, 5) is 0. The SMILES string of the molecule is OC[C@H]1O[C@@H](SS[C@@H]2O[C@H](CO)[C@H](O)[C@H](n3cc(-c4cccc(F)c4)cn3)[C@H]2O)[C@H](O)[C@@H](n2cc(-c3cccc(F)c3)cn2)[C@H]1O. The highest BCUT2D eigenvalue weighted by Gasteiger charge is 2.49. The fourth-order valence-electron chi connectivity index (χ4n) is 5.67. The van der Waals surface area contributed by atoms with E-state index >= 15 is 0 Å². The standard InChI is InChI=1S/C30H32F2N4O8S2/c31-19-5-1-3-15(7-19)17-9-33-35(11-17)23-25(39)21(13-37)43-29(27(23)41)45-46-30-28(42)24(26(40)22(14-38)44-30)36-12-18(10-34-36)16-4-2-6-20(32)8-16/h1-12,21-30,37-42H,13-14H2/t21-,22-,23+,24+,25+,26+,27-,28-,29+,30+/m1/s1. The highest BCUT2D eigenvalue weighted by atomic mass is 33.1. The zero-order chi connectivity index (χ0) is 32.5. The minimum Gasteiger partial charge on any atom is -0.394 e. The third-order valence-corrected chi connectivity index (χ3v) is 10.8.